The largest absolute Gasteiger partial charge is 0.205 e. The van der Waals surface area contributed by atoms with Crippen LogP contribution in [0.1, 0.15) is 81.8 Å². The second-order valence-electron chi connectivity index (χ2n) is 9.91. The van der Waals surface area contributed by atoms with Crippen LogP contribution in [-0.4, -0.2) is 0 Å². The van der Waals surface area contributed by atoms with E-state index in [2.05, 4.69) is 18.7 Å². The fourth-order valence-corrected chi connectivity index (χ4v) is 6.69. The number of benzene rings is 1. The molecule has 2 heteroatoms. The molecule has 4 rings (SSSR count). The zero-order chi connectivity index (χ0) is 20.4. The molecule has 0 aromatic heterocycles. The van der Waals surface area contributed by atoms with Gasteiger partial charge in [-0.1, -0.05) is 35.9 Å². The topological polar surface area (TPSA) is 0 Å². The molecule has 0 bridgehead atoms. The average molecular weight is 415 g/mol. The van der Waals surface area contributed by atoms with Crippen LogP contribution >= 0.6 is 11.6 Å². The van der Waals surface area contributed by atoms with Crippen molar-refractivity contribution in [3.63, 3.8) is 0 Å². The van der Waals surface area contributed by atoms with E-state index in [0.717, 1.165) is 48.0 Å². The summed E-state index contributed by atoms with van der Waals surface area (Å²) in [6.07, 6.45) is 19.2. The number of allylic oxidation sites excluding steroid dienone is 3. The predicted molar refractivity (Wildman–Crippen MR) is 123 cm³/mol. The summed E-state index contributed by atoms with van der Waals surface area (Å²) in [6, 6.07) is 3.85. The average Bonchev–Trinajstić information content (AvgIpc) is 2.78. The minimum atomic E-state index is -0.257. The van der Waals surface area contributed by atoms with Crippen molar-refractivity contribution >= 4 is 17.2 Å². The number of hydrogen-bond donors (Lipinski definition) is 0. The summed E-state index contributed by atoms with van der Waals surface area (Å²) in [6.45, 7) is 5.77. The van der Waals surface area contributed by atoms with Crippen LogP contribution in [0.15, 0.2) is 30.9 Å². The van der Waals surface area contributed by atoms with Crippen molar-refractivity contribution in [2.45, 2.75) is 77.6 Å². The van der Waals surface area contributed by atoms with Crippen molar-refractivity contribution < 1.29 is 4.39 Å². The molecule has 3 aliphatic carbocycles. The lowest BCUT2D eigenvalue weighted by Gasteiger charge is -2.40. The molecule has 0 aliphatic heterocycles. The lowest BCUT2D eigenvalue weighted by atomic mass is 9.66. The van der Waals surface area contributed by atoms with Gasteiger partial charge in [0.25, 0.3) is 0 Å². The molecule has 0 amide bonds. The Morgan fingerprint density at radius 3 is 2.03 bits per heavy atom. The van der Waals surface area contributed by atoms with Crippen LogP contribution in [0.4, 0.5) is 4.39 Å². The van der Waals surface area contributed by atoms with Gasteiger partial charge in [0.05, 0.1) is 5.02 Å². The molecule has 3 aliphatic rings. The lowest BCUT2D eigenvalue weighted by molar-refractivity contribution is 0.128. The summed E-state index contributed by atoms with van der Waals surface area (Å²) >= 11 is 6.30. The maximum atomic E-state index is 14.2. The molecule has 2 saturated carbocycles. The predicted octanol–water partition coefficient (Wildman–Crippen LogP) is 8.77. The normalized spacial score (nSPS) is 33.2. The van der Waals surface area contributed by atoms with Crippen LogP contribution in [0, 0.1) is 42.3 Å². The zero-order valence-electron chi connectivity index (χ0n) is 17.9. The van der Waals surface area contributed by atoms with Gasteiger partial charge in [-0.15, -0.1) is 6.58 Å². The highest BCUT2D eigenvalue weighted by atomic mass is 35.5. The molecule has 1 aromatic carbocycles. The minimum absolute atomic E-state index is 0.257. The quantitative estimate of drug-likeness (QED) is 0.432. The molecule has 1 aromatic rings. The SMILES string of the molecule is C=CC1CCC(C2CCC(C3CC=C(c4ccc(C)c(F)c4Cl)CC3)CC2)CC1. The molecule has 0 radical (unpaired) electrons. The lowest BCUT2D eigenvalue weighted by Crippen LogP contribution is -2.28. The summed E-state index contributed by atoms with van der Waals surface area (Å²) in [5.74, 6) is 4.17. The highest BCUT2D eigenvalue weighted by Crippen LogP contribution is 2.46. The molecule has 1 unspecified atom stereocenters. The molecule has 1 atom stereocenters. The van der Waals surface area contributed by atoms with Crippen molar-refractivity contribution in [1.82, 2.24) is 0 Å². The van der Waals surface area contributed by atoms with Gasteiger partial charge in [-0.3, -0.25) is 0 Å². The Balaban J connectivity index is 1.30. The van der Waals surface area contributed by atoms with Gasteiger partial charge in [-0.25, -0.2) is 4.39 Å². The monoisotopic (exact) mass is 414 g/mol. The Hall–Kier alpha value is -1.08. The fourth-order valence-electron chi connectivity index (χ4n) is 6.36. The van der Waals surface area contributed by atoms with E-state index in [1.165, 1.54) is 63.4 Å². The van der Waals surface area contributed by atoms with E-state index in [1.807, 2.05) is 12.1 Å². The van der Waals surface area contributed by atoms with E-state index in [9.17, 15) is 4.39 Å². The van der Waals surface area contributed by atoms with Gasteiger partial charge >= 0.3 is 0 Å². The van der Waals surface area contributed by atoms with Crippen molar-refractivity contribution in [3.05, 3.63) is 52.8 Å². The number of aryl methyl sites for hydroxylation is 1. The van der Waals surface area contributed by atoms with Gasteiger partial charge in [0.2, 0.25) is 0 Å². The van der Waals surface area contributed by atoms with Crippen molar-refractivity contribution in [1.29, 1.82) is 0 Å². The minimum Gasteiger partial charge on any atom is -0.205 e. The highest BCUT2D eigenvalue weighted by molar-refractivity contribution is 6.32. The Bertz CT molecular complexity index is 748. The van der Waals surface area contributed by atoms with E-state index >= 15 is 0 Å². The summed E-state index contributed by atoms with van der Waals surface area (Å²) in [5.41, 5.74) is 2.78. The number of hydrogen-bond acceptors (Lipinski definition) is 0. The molecular weight excluding hydrogens is 379 g/mol. The molecule has 0 saturated heterocycles. The molecular formula is C27H36ClF. The van der Waals surface area contributed by atoms with Gasteiger partial charge in [0.1, 0.15) is 5.82 Å². The number of rotatable bonds is 4. The standard InChI is InChI=1S/C27H36ClF/c1-3-19-5-7-20(8-6-19)21-9-11-22(12-10-21)23-13-15-24(16-14-23)25-17-4-18(2)27(29)26(25)28/h3-4,15,17,19-23H,1,5-14,16H2,2H3. The number of halogens is 2. The Morgan fingerprint density at radius 2 is 1.48 bits per heavy atom. The Morgan fingerprint density at radius 1 is 0.897 bits per heavy atom. The molecule has 158 valence electrons. The summed E-state index contributed by atoms with van der Waals surface area (Å²) < 4.78 is 14.2. The molecule has 2 fully saturated rings. The molecule has 0 N–H and O–H groups in total. The molecule has 29 heavy (non-hydrogen) atoms. The molecule has 0 heterocycles. The van der Waals surface area contributed by atoms with Crippen molar-refractivity contribution in [3.8, 4) is 0 Å². The van der Waals surface area contributed by atoms with Gasteiger partial charge in [-0.05, 0) is 124 Å². The van der Waals surface area contributed by atoms with Gasteiger partial charge in [-0.2, -0.15) is 0 Å². The van der Waals surface area contributed by atoms with Gasteiger partial charge in [0.15, 0.2) is 0 Å². The van der Waals surface area contributed by atoms with Crippen LogP contribution in [-0.2, 0) is 0 Å². The van der Waals surface area contributed by atoms with Crippen LogP contribution in [0.2, 0.25) is 5.02 Å². The molecule has 0 nitrogen and oxygen atoms in total. The second-order valence-corrected chi connectivity index (χ2v) is 10.3. The maximum Gasteiger partial charge on any atom is 0.145 e. The molecule has 0 spiro atoms. The third-order valence-electron chi connectivity index (χ3n) is 8.37. The van der Waals surface area contributed by atoms with E-state index in [-0.39, 0.29) is 5.82 Å². The maximum absolute atomic E-state index is 14.2. The summed E-state index contributed by atoms with van der Waals surface area (Å²) in [5, 5.41) is 0.307. The first-order valence-corrected chi connectivity index (χ1v) is 12.2. The second kappa shape index (κ2) is 9.38. The Kier molecular flexibility index (Phi) is 6.84. The highest BCUT2D eigenvalue weighted by Gasteiger charge is 2.33. The van der Waals surface area contributed by atoms with Crippen LogP contribution in [0.3, 0.4) is 0 Å². The van der Waals surface area contributed by atoms with Crippen LogP contribution < -0.4 is 0 Å². The van der Waals surface area contributed by atoms with E-state index in [0.29, 0.717) is 10.6 Å². The summed E-state index contributed by atoms with van der Waals surface area (Å²) in [4.78, 5) is 0. The van der Waals surface area contributed by atoms with Gasteiger partial charge < -0.3 is 0 Å². The van der Waals surface area contributed by atoms with E-state index in [1.54, 1.807) is 6.92 Å². The van der Waals surface area contributed by atoms with E-state index in [4.69, 9.17) is 11.6 Å². The van der Waals surface area contributed by atoms with Crippen LogP contribution in [0.25, 0.3) is 5.57 Å². The van der Waals surface area contributed by atoms with E-state index < -0.39 is 0 Å². The van der Waals surface area contributed by atoms with Crippen LogP contribution in [0.5, 0.6) is 0 Å². The first-order valence-electron chi connectivity index (χ1n) is 11.8. The Labute approximate surface area is 181 Å². The van der Waals surface area contributed by atoms with Gasteiger partial charge in [0, 0.05) is 0 Å². The first-order chi connectivity index (χ1) is 14.1. The summed E-state index contributed by atoms with van der Waals surface area (Å²) in [7, 11) is 0. The third kappa shape index (κ3) is 4.66. The first kappa shape index (κ1) is 21.2. The zero-order valence-corrected chi connectivity index (χ0v) is 18.7. The fraction of sp³-hybridized carbons (Fsp3) is 0.630. The third-order valence-corrected chi connectivity index (χ3v) is 8.74. The smallest absolute Gasteiger partial charge is 0.145 e. The van der Waals surface area contributed by atoms with Crippen molar-refractivity contribution in [2.24, 2.45) is 29.6 Å². The van der Waals surface area contributed by atoms with Crippen molar-refractivity contribution in [2.75, 3.05) is 0 Å².